The van der Waals surface area contributed by atoms with Crippen LogP contribution in [-0.4, -0.2) is 71.2 Å². The number of phosphoric acid groups is 1. The van der Waals surface area contributed by atoms with Crippen LogP contribution in [0.15, 0.2) is 60.9 Å². The normalized spacial score (nSPS) is 21.6. The molecular weight excluding hydrogens is 926 g/mol. The highest BCUT2D eigenvalue weighted by Crippen LogP contribution is 2.54. The summed E-state index contributed by atoms with van der Waals surface area (Å²) in [6, 6.07) is 15.6. The molecule has 1 unspecified atom stereocenters. The van der Waals surface area contributed by atoms with E-state index in [0.717, 1.165) is 18.4 Å². The molecule has 366 valence electrons. The van der Waals surface area contributed by atoms with Gasteiger partial charge in [0.05, 0.1) is 47.2 Å². The summed E-state index contributed by atoms with van der Waals surface area (Å²) >= 11 is 19.0. The molecule has 4 heterocycles. The zero-order valence-corrected chi connectivity index (χ0v) is 42.3. The standard InChI is InChI=1S/C49H70Cl3N4O9P/c1-5-6-7-8-9-10-11-12-13-14-15-16-17-18-19-22-29-58-32-37(59-31-36-25-26-38(50)40(52)30-36)33-60-66(57,65-42-24-21-20-23-39(42)51)61-34-43-45-46(64-48(2,3)63-45)49(4,62-43)44-28-27-41-47(53)54-35-55-56(41)44/h20-21,23-28,30,35,37,43,45-46H,5-19,22,29,31-34H2,1-4H3,(H2,53,54,55)/t37-,43-,45-,46-,49+,66?/m1/s1. The number of benzene rings is 2. The SMILES string of the molecule is CCCCCCCCCCCCCCCCCCOC[C@H](COP(=O)(OC[C@H]1O[C@@](C)(c2ccc3c(N)ncnn23)[C@@H]2OC(C)(C)O[C@@H]21)Oc1ccccc1Cl)OCc1ccc(Cl)c(Cl)c1. The molecule has 2 aliphatic heterocycles. The van der Waals surface area contributed by atoms with Gasteiger partial charge in [-0.05, 0) is 69.2 Å². The number of phosphoric ester groups is 1. The van der Waals surface area contributed by atoms with Crippen molar-refractivity contribution in [3.05, 3.63) is 87.2 Å². The Bertz CT molecular complexity index is 2150. The van der Waals surface area contributed by atoms with Crippen molar-refractivity contribution >= 4 is 54.0 Å². The molecule has 2 aliphatic rings. The Labute approximate surface area is 406 Å². The fraction of sp³-hybridized carbons (Fsp3) is 0.633. The van der Waals surface area contributed by atoms with Crippen LogP contribution in [0.2, 0.25) is 15.1 Å². The van der Waals surface area contributed by atoms with Gasteiger partial charge in [0.15, 0.2) is 11.6 Å². The second-order valence-electron chi connectivity index (χ2n) is 18.1. The van der Waals surface area contributed by atoms with Gasteiger partial charge in [-0.25, -0.2) is 14.1 Å². The average Bonchev–Trinajstić information content (AvgIpc) is 3.96. The van der Waals surface area contributed by atoms with E-state index in [1.807, 2.05) is 39.0 Å². The number of nitrogens with two attached hydrogens (primary N) is 1. The lowest BCUT2D eigenvalue weighted by Crippen LogP contribution is -2.39. The summed E-state index contributed by atoms with van der Waals surface area (Å²) in [6.45, 7) is 8.23. The van der Waals surface area contributed by atoms with E-state index >= 15 is 0 Å². The van der Waals surface area contributed by atoms with Gasteiger partial charge in [-0.3, -0.25) is 9.05 Å². The molecule has 0 spiro atoms. The molecule has 66 heavy (non-hydrogen) atoms. The molecular formula is C49H70Cl3N4O9P. The summed E-state index contributed by atoms with van der Waals surface area (Å²) in [5.74, 6) is -0.527. The summed E-state index contributed by atoms with van der Waals surface area (Å²) < 4.78 is 66.8. The molecule has 6 atom stereocenters. The van der Waals surface area contributed by atoms with E-state index in [1.54, 1.807) is 40.9 Å². The molecule has 2 N–H and O–H groups in total. The number of halogens is 3. The highest BCUT2D eigenvalue weighted by atomic mass is 35.5. The summed E-state index contributed by atoms with van der Waals surface area (Å²) in [4.78, 5) is 4.12. The van der Waals surface area contributed by atoms with E-state index in [-0.39, 0.29) is 37.2 Å². The highest BCUT2D eigenvalue weighted by molar-refractivity contribution is 7.49. The van der Waals surface area contributed by atoms with Crippen molar-refractivity contribution in [1.82, 2.24) is 14.6 Å². The summed E-state index contributed by atoms with van der Waals surface area (Å²) in [6.07, 6.45) is 19.4. The van der Waals surface area contributed by atoms with E-state index in [4.69, 9.17) is 77.8 Å². The van der Waals surface area contributed by atoms with Gasteiger partial charge in [-0.1, -0.05) is 156 Å². The maximum atomic E-state index is 14.8. The lowest BCUT2D eigenvalue weighted by molar-refractivity contribution is -0.212. The van der Waals surface area contributed by atoms with E-state index in [1.165, 1.54) is 96.2 Å². The van der Waals surface area contributed by atoms with Crippen molar-refractivity contribution in [2.24, 2.45) is 0 Å². The molecule has 13 nitrogen and oxygen atoms in total. The molecule has 17 heteroatoms. The lowest BCUT2D eigenvalue weighted by atomic mass is 9.93. The quantitative estimate of drug-likeness (QED) is 0.0378. The number of hydrogen-bond acceptors (Lipinski definition) is 12. The van der Waals surface area contributed by atoms with Gasteiger partial charge >= 0.3 is 7.82 Å². The van der Waals surface area contributed by atoms with Crippen molar-refractivity contribution in [1.29, 1.82) is 0 Å². The third-order valence-electron chi connectivity index (χ3n) is 12.2. The second-order valence-corrected chi connectivity index (χ2v) is 20.9. The fourth-order valence-electron chi connectivity index (χ4n) is 8.62. The Balaban J connectivity index is 1.04. The number of anilines is 1. The molecule has 0 amide bonds. The molecule has 2 aromatic heterocycles. The number of ether oxygens (including phenoxy) is 5. The first-order chi connectivity index (χ1) is 31.8. The molecule has 0 aliphatic carbocycles. The van der Waals surface area contributed by atoms with Gasteiger partial charge in [0.1, 0.15) is 47.6 Å². The Morgan fingerprint density at radius 2 is 1.44 bits per heavy atom. The second kappa shape index (κ2) is 25.9. The van der Waals surface area contributed by atoms with E-state index in [0.29, 0.717) is 33.7 Å². The van der Waals surface area contributed by atoms with Gasteiger partial charge in [0, 0.05) is 6.61 Å². The topological polar surface area (TPSA) is 147 Å². The third-order valence-corrected chi connectivity index (χ3v) is 14.6. The lowest BCUT2D eigenvalue weighted by Gasteiger charge is -2.31. The molecule has 2 aromatic carbocycles. The molecule has 0 saturated carbocycles. The first-order valence-corrected chi connectivity index (χ1v) is 26.5. The predicted octanol–water partition coefficient (Wildman–Crippen LogP) is 13.5. The molecule has 6 rings (SSSR count). The molecule has 2 saturated heterocycles. The van der Waals surface area contributed by atoms with Crippen LogP contribution < -0.4 is 10.3 Å². The van der Waals surface area contributed by atoms with Crippen molar-refractivity contribution < 1.29 is 41.8 Å². The minimum atomic E-state index is -4.46. The van der Waals surface area contributed by atoms with Crippen LogP contribution >= 0.6 is 42.6 Å². The van der Waals surface area contributed by atoms with Crippen LogP contribution in [0.3, 0.4) is 0 Å². The number of aromatic nitrogens is 3. The van der Waals surface area contributed by atoms with Gasteiger partial charge in [-0.15, -0.1) is 0 Å². The van der Waals surface area contributed by atoms with E-state index in [9.17, 15) is 4.57 Å². The van der Waals surface area contributed by atoms with Gasteiger partial charge < -0.3 is 33.9 Å². The molecule has 0 radical (unpaired) electrons. The van der Waals surface area contributed by atoms with Crippen molar-refractivity contribution in [3.63, 3.8) is 0 Å². The van der Waals surface area contributed by atoms with E-state index in [2.05, 4.69) is 17.0 Å². The molecule has 4 aromatic rings. The van der Waals surface area contributed by atoms with Crippen LogP contribution in [0, 0.1) is 0 Å². The summed E-state index contributed by atoms with van der Waals surface area (Å²) in [5.41, 5.74) is 7.15. The smallest absolute Gasteiger partial charge is 0.402 e. The highest BCUT2D eigenvalue weighted by Gasteiger charge is 2.62. The average molecular weight is 996 g/mol. The maximum Gasteiger partial charge on any atom is 0.530 e. The van der Waals surface area contributed by atoms with Gasteiger partial charge in [-0.2, -0.15) is 5.10 Å². The first-order valence-electron chi connectivity index (χ1n) is 23.9. The van der Waals surface area contributed by atoms with Crippen molar-refractivity contribution in [2.45, 2.75) is 173 Å². The maximum absolute atomic E-state index is 14.8. The summed E-state index contributed by atoms with van der Waals surface area (Å²) in [5, 5.41) is 5.51. The third kappa shape index (κ3) is 15.2. The Morgan fingerprint density at radius 1 is 0.773 bits per heavy atom. The summed E-state index contributed by atoms with van der Waals surface area (Å²) in [7, 11) is -4.46. The van der Waals surface area contributed by atoms with Crippen LogP contribution in [0.1, 0.15) is 142 Å². The van der Waals surface area contributed by atoms with Crippen LogP contribution in [-0.2, 0) is 49.5 Å². The Hall–Kier alpha value is -2.52. The zero-order chi connectivity index (χ0) is 47.0. The van der Waals surface area contributed by atoms with E-state index < -0.39 is 43.6 Å². The number of fused-ring (bicyclic) bond motifs is 2. The first kappa shape index (κ1) is 52.8. The Kier molecular flexibility index (Phi) is 20.7. The minimum Gasteiger partial charge on any atom is -0.402 e. The number of unbranched alkanes of at least 4 members (excludes halogenated alkanes) is 15. The Morgan fingerprint density at radius 3 is 2.11 bits per heavy atom. The number of para-hydroxylation sites is 1. The molecule has 2 fully saturated rings. The van der Waals surface area contributed by atoms with Crippen LogP contribution in [0.4, 0.5) is 5.82 Å². The van der Waals surface area contributed by atoms with Crippen molar-refractivity contribution in [2.75, 3.05) is 32.2 Å². The number of hydrogen-bond donors (Lipinski definition) is 1. The predicted molar refractivity (Wildman–Crippen MR) is 260 cm³/mol. The largest absolute Gasteiger partial charge is 0.530 e. The number of nitrogen functional groups attached to an aromatic ring is 1. The van der Waals surface area contributed by atoms with Crippen LogP contribution in [0.5, 0.6) is 5.75 Å². The number of rotatable bonds is 31. The molecule has 0 bridgehead atoms. The minimum absolute atomic E-state index is 0.115. The van der Waals surface area contributed by atoms with Crippen LogP contribution in [0.25, 0.3) is 5.52 Å². The fourth-order valence-corrected chi connectivity index (χ4v) is 10.4. The number of nitrogens with zero attached hydrogens (tertiary/aromatic N) is 3. The zero-order valence-electron chi connectivity index (χ0n) is 39.1. The van der Waals surface area contributed by atoms with Crippen molar-refractivity contribution in [3.8, 4) is 5.75 Å². The monoisotopic (exact) mass is 994 g/mol. The van der Waals surface area contributed by atoms with Gasteiger partial charge in [0.25, 0.3) is 0 Å². The van der Waals surface area contributed by atoms with Gasteiger partial charge in [0.2, 0.25) is 0 Å².